The summed E-state index contributed by atoms with van der Waals surface area (Å²) in [6.07, 6.45) is 1.81. The number of benzene rings is 2. The standard InChI is InChI=1S/C21H25Cl2N3O2/c1-3-8-18(15-9-5-4-6-10-15)24-19(27)13-26(2)14-20(28)25-21-16(22)11-7-12-17(21)23/h4-7,9-12,18H,3,8,13-14H2,1-2H3,(H,24,27)(H,25,28)/t18-/m0/s1. The second-order valence-electron chi connectivity index (χ2n) is 6.64. The van der Waals surface area contributed by atoms with E-state index in [9.17, 15) is 9.59 Å². The molecule has 0 saturated heterocycles. The van der Waals surface area contributed by atoms with Gasteiger partial charge in [0, 0.05) is 0 Å². The summed E-state index contributed by atoms with van der Waals surface area (Å²) in [5.41, 5.74) is 1.45. The number of nitrogens with one attached hydrogen (secondary N) is 2. The van der Waals surface area contributed by atoms with Crippen molar-refractivity contribution in [1.29, 1.82) is 0 Å². The molecule has 0 saturated carbocycles. The highest BCUT2D eigenvalue weighted by Crippen LogP contribution is 2.29. The average Bonchev–Trinajstić information content (AvgIpc) is 2.65. The van der Waals surface area contributed by atoms with Crippen molar-refractivity contribution in [2.75, 3.05) is 25.5 Å². The van der Waals surface area contributed by atoms with Crippen molar-refractivity contribution in [3.63, 3.8) is 0 Å². The number of rotatable bonds is 9. The minimum Gasteiger partial charge on any atom is -0.348 e. The van der Waals surface area contributed by atoms with E-state index < -0.39 is 0 Å². The quantitative estimate of drug-likeness (QED) is 0.625. The molecule has 2 aromatic rings. The van der Waals surface area contributed by atoms with Crippen LogP contribution in [0.5, 0.6) is 0 Å². The summed E-state index contributed by atoms with van der Waals surface area (Å²) in [7, 11) is 1.71. The van der Waals surface area contributed by atoms with Gasteiger partial charge in [0.25, 0.3) is 0 Å². The fourth-order valence-electron chi connectivity index (χ4n) is 2.88. The van der Waals surface area contributed by atoms with Crippen molar-refractivity contribution in [2.24, 2.45) is 0 Å². The van der Waals surface area contributed by atoms with E-state index in [0.29, 0.717) is 15.7 Å². The predicted molar refractivity (Wildman–Crippen MR) is 115 cm³/mol. The summed E-state index contributed by atoms with van der Waals surface area (Å²) in [6.45, 7) is 2.23. The van der Waals surface area contributed by atoms with Crippen LogP contribution in [0.2, 0.25) is 10.0 Å². The number of carbonyl (C=O) groups excluding carboxylic acids is 2. The zero-order chi connectivity index (χ0) is 20.5. The molecule has 0 aliphatic heterocycles. The maximum Gasteiger partial charge on any atom is 0.238 e. The van der Waals surface area contributed by atoms with Crippen LogP contribution < -0.4 is 10.6 Å². The molecule has 5 nitrogen and oxygen atoms in total. The SMILES string of the molecule is CCC[C@H](NC(=O)CN(C)CC(=O)Nc1c(Cl)cccc1Cl)c1ccccc1. The highest BCUT2D eigenvalue weighted by Gasteiger charge is 2.17. The Morgan fingerprint density at radius 3 is 2.18 bits per heavy atom. The number of para-hydroxylation sites is 1. The minimum absolute atomic E-state index is 0.0390. The summed E-state index contributed by atoms with van der Waals surface area (Å²) in [5.74, 6) is -0.424. The largest absolute Gasteiger partial charge is 0.348 e. The Morgan fingerprint density at radius 2 is 1.57 bits per heavy atom. The highest BCUT2D eigenvalue weighted by atomic mass is 35.5. The van der Waals surface area contributed by atoms with Crippen LogP contribution in [-0.2, 0) is 9.59 Å². The van der Waals surface area contributed by atoms with Crippen molar-refractivity contribution in [2.45, 2.75) is 25.8 Å². The van der Waals surface area contributed by atoms with Gasteiger partial charge in [-0.1, -0.05) is 72.9 Å². The minimum atomic E-state index is -0.293. The summed E-state index contributed by atoms with van der Waals surface area (Å²) in [6, 6.07) is 14.8. The van der Waals surface area contributed by atoms with Gasteiger partial charge < -0.3 is 10.6 Å². The summed E-state index contributed by atoms with van der Waals surface area (Å²) >= 11 is 12.1. The van der Waals surface area contributed by atoms with Gasteiger partial charge >= 0.3 is 0 Å². The Morgan fingerprint density at radius 1 is 0.964 bits per heavy atom. The molecule has 2 aromatic carbocycles. The first-order valence-electron chi connectivity index (χ1n) is 9.17. The number of nitrogens with zero attached hydrogens (tertiary/aromatic N) is 1. The molecule has 28 heavy (non-hydrogen) atoms. The van der Waals surface area contributed by atoms with Crippen molar-refractivity contribution in [3.05, 3.63) is 64.1 Å². The molecule has 2 amide bonds. The van der Waals surface area contributed by atoms with Crippen LogP contribution in [0.1, 0.15) is 31.4 Å². The lowest BCUT2D eigenvalue weighted by atomic mass is 10.0. The van der Waals surface area contributed by atoms with Crippen molar-refractivity contribution in [3.8, 4) is 0 Å². The van der Waals surface area contributed by atoms with Crippen molar-refractivity contribution >= 4 is 40.7 Å². The third-order valence-corrected chi connectivity index (χ3v) is 4.80. The number of anilines is 1. The highest BCUT2D eigenvalue weighted by molar-refractivity contribution is 6.39. The van der Waals surface area contributed by atoms with Crippen LogP contribution in [-0.4, -0.2) is 36.9 Å². The maximum absolute atomic E-state index is 12.4. The van der Waals surface area contributed by atoms with E-state index in [4.69, 9.17) is 23.2 Å². The smallest absolute Gasteiger partial charge is 0.238 e. The number of amides is 2. The van der Waals surface area contributed by atoms with E-state index in [0.717, 1.165) is 18.4 Å². The first-order chi connectivity index (χ1) is 13.4. The topological polar surface area (TPSA) is 61.4 Å². The van der Waals surface area contributed by atoms with Crippen LogP contribution >= 0.6 is 23.2 Å². The van der Waals surface area contributed by atoms with Gasteiger partial charge in [-0.3, -0.25) is 14.5 Å². The molecule has 0 spiro atoms. The molecular weight excluding hydrogens is 397 g/mol. The molecule has 2 N–H and O–H groups in total. The van der Waals surface area contributed by atoms with Gasteiger partial charge in [-0.05, 0) is 31.2 Å². The first-order valence-corrected chi connectivity index (χ1v) is 9.93. The molecule has 0 aliphatic carbocycles. The molecule has 7 heteroatoms. The fraction of sp³-hybridized carbons (Fsp3) is 0.333. The van der Waals surface area contributed by atoms with Gasteiger partial charge in [-0.25, -0.2) is 0 Å². The van der Waals surface area contributed by atoms with Gasteiger partial charge in [-0.15, -0.1) is 0 Å². The van der Waals surface area contributed by atoms with Gasteiger partial charge in [0.05, 0.1) is 34.9 Å². The molecule has 0 fully saturated rings. The lowest BCUT2D eigenvalue weighted by molar-refractivity contribution is -0.123. The van der Waals surface area contributed by atoms with Crippen LogP contribution in [0.4, 0.5) is 5.69 Å². The van der Waals surface area contributed by atoms with Crippen LogP contribution in [0, 0.1) is 0 Å². The average molecular weight is 422 g/mol. The van der Waals surface area contributed by atoms with E-state index in [2.05, 4.69) is 17.6 Å². The summed E-state index contributed by atoms with van der Waals surface area (Å²) in [5, 5.41) is 6.48. The molecule has 0 heterocycles. The van der Waals surface area contributed by atoms with E-state index in [1.165, 1.54) is 0 Å². The number of likely N-dealkylation sites (N-methyl/N-ethyl adjacent to an activating group) is 1. The molecule has 2 rings (SSSR count). The van der Waals surface area contributed by atoms with E-state index in [1.807, 2.05) is 30.3 Å². The van der Waals surface area contributed by atoms with Crippen LogP contribution in [0.25, 0.3) is 0 Å². The molecule has 150 valence electrons. The van der Waals surface area contributed by atoms with Gasteiger partial charge in [-0.2, -0.15) is 0 Å². The molecule has 0 aromatic heterocycles. The van der Waals surface area contributed by atoms with Crippen LogP contribution in [0.15, 0.2) is 48.5 Å². The molecule has 0 unspecified atom stereocenters. The summed E-state index contributed by atoms with van der Waals surface area (Å²) in [4.78, 5) is 26.3. The first kappa shape index (κ1) is 22.2. The van der Waals surface area contributed by atoms with E-state index in [-0.39, 0.29) is 30.9 Å². The predicted octanol–water partition coefficient (Wildman–Crippen LogP) is 4.52. The van der Waals surface area contributed by atoms with E-state index >= 15 is 0 Å². The second-order valence-corrected chi connectivity index (χ2v) is 7.45. The molecule has 0 radical (unpaired) electrons. The number of hydrogen-bond donors (Lipinski definition) is 2. The Balaban J connectivity index is 1.88. The monoisotopic (exact) mass is 421 g/mol. The van der Waals surface area contributed by atoms with Gasteiger partial charge in [0.15, 0.2) is 0 Å². The van der Waals surface area contributed by atoms with E-state index in [1.54, 1.807) is 30.1 Å². The normalized spacial score (nSPS) is 11.9. The van der Waals surface area contributed by atoms with Crippen molar-refractivity contribution in [1.82, 2.24) is 10.2 Å². The maximum atomic E-state index is 12.4. The Labute approximate surface area is 176 Å². The molecule has 0 aliphatic rings. The Kier molecular flexibility index (Phi) is 8.77. The van der Waals surface area contributed by atoms with Crippen molar-refractivity contribution < 1.29 is 9.59 Å². The lowest BCUT2D eigenvalue weighted by Gasteiger charge is -2.21. The van der Waals surface area contributed by atoms with Crippen LogP contribution in [0.3, 0.4) is 0 Å². The van der Waals surface area contributed by atoms with Gasteiger partial charge in [0.2, 0.25) is 11.8 Å². The number of halogens is 2. The summed E-state index contributed by atoms with van der Waals surface area (Å²) < 4.78 is 0. The Bertz CT molecular complexity index is 779. The zero-order valence-electron chi connectivity index (χ0n) is 16.0. The zero-order valence-corrected chi connectivity index (χ0v) is 17.6. The molecule has 1 atom stereocenters. The third-order valence-electron chi connectivity index (χ3n) is 4.17. The third kappa shape index (κ3) is 6.82. The fourth-order valence-corrected chi connectivity index (χ4v) is 3.37. The second kappa shape index (κ2) is 11.1. The number of carbonyl (C=O) groups is 2. The van der Waals surface area contributed by atoms with Gasteiger partial charge in [0.1, 0.15) is 0 Å². The Hall–Kier alpha value is -2.08. The number of hydrogen-bond acceptors (Lipinski definition) is 3. The lowest BCUT2D eigenvalue weighted by Crippen LogP contribution is -2.40. The molecular formula is C21H25Cl2N3O2. The molecule has 0 bridgehead atoms.